The average molecular weight is 316 g/mol. The number of rotatable bonds is 3. The smallest absolute Gasteiger partial charge is 0.244 e. The summed E-state index contributed by atoms with van der Waals surface area (Å²) in [6, 6.07) is 8.33. The SMILES string of the molecule is Cc1ccc(C(C(=O)N2CCN(C)CC2)N2CCNCC2)cc1. The van der Waals surface area contributed by atoms with Gasteiger partial charge in [0.1, 0.15) is 6.04 Å². The number of hydrogen-bond donors (Lipinski definition) is 1. The van der Waals surface area contributed by atoms with Crippen LogP contribution in [0.25, 0.3) is 0 Å². The van der Waals surface area contributed by atoms with Gasteiger partial charge in [0, 0.05) is 52.4 Å². The zero-order valence-electron chi connectivity index (χ0n) is 14.3. The molecule has 23 heavy (non-hydrogen) atoms. The summed E-state index contributed by atoms with van der Waals surface area (Å²) in [7, 11) is 2.12. The Bertz CT molecular complexity index is 516. The number of carbonyl (C=O) groups excluding carboxylic acids is 1. The normalized spacial score (nSPS) is 22.1. The van der Waals surface area contributed by atoms with Crippen molar-refractivity contribution >= 4 is 5.91 Å². The maximum atomic E-state index is 13.2. The Hall–Kier alpha value is -1.43. The first kappa shape index (κ1) is 16.4. The predicted octanol–water partition coefficient (Wildman–Crippen LogP) is 0.715. The quantitative estimate of drug-likeness (QED) is 0.892. The van der Waals surface area contributed by atoms with Gasteiger partial charge in [-0.3, -0.25) is 9.69 Å². The van der Waals surface area contributed by atoms with Crippen molar-refractivity contribution in [1.29, 1.82) is 0 Å². The van der Waals surface area contributed by atoms with Gasteiger partial charge in [-0.15, -0.1) is 0 Å². The van der Waals surface area contributed by atoms with Gasteiger partial charge >= 0.3 is 0 Å². The molecule has 1 unspecified atom stereocenters. The van der Waals surface area contributed by atoms with E-state index in [1.54, 1.807) is 0 Å². The van der Waals surface area contributed by atoms with Crippen molar-refractivity contribution in [3.63, 3.8) is 0 Å². The molecule has 2 aliphatic rings. The number of likely N-dealkylation sites (N-methyl/N-ethyl adjacent to an activating group) is 1. The zero-order chi connectivity index (χ0) is 16.2. The minimum absolute atomic E-state index is 0.138. The van der Waals surface area contributed by atoms with E-state index in [9.17, 15) is 4.79 Å². The highest BCUT2D eigenvalue weighted by Gasteiger charge is 2.33. The number of carbonyl (C=O) groups is 1. The number of hydrogen-bond acceptors (Lipinski definition) is 4. The highest BCUT2D eigenvalue weighted by Crippen LogP contribution is 2.25. The molecule has 2 aliphatic heterocycles. The lowest BCUT2D eigenvalue weighted by atomic mass is 10.0. The van der Waals surface area contributed by atoms with Gasteiger partial charge in [0.25, 0.3) is 0 Å². The van der Waals surface area contributed by atoms with Crippen LogP contribution in [0.3, 0.4) is 0 Å². The molecule has 126 valence electrons. The van der Waals surface area contributed by atoms with E-state index >= 15 is 0 Å². The van der Waals surface area contributed by atoms with E-state index in [-0.39, 0.29) is 11.9 Å². The van der Waals surface area contributed by atoms with Crippen molar-refractivity contribution in [2.75, 3.05) is 59.4 Å². The molecule has 1 aromatic rings. The molecule has 1 aromatic carbocycles. The summed E-state index contributed by atoms with van der Waals surface area (Å²) in [4.78, 5) is 19.9. The third kappa shape index (κ3) is 3.91. The second-order valence-corrected chi connectivity index (χ2v) is 6.73. The van der Waals surface area contributed by atoms with Crippen LogP contribution in [0.1, 0.15) is 17.2 Å². The van der Waals surface area contributed by atoms with Crippen LogP contribution < -0.4 is 5.32 Å². The lowest BCUT2D eigenvalue weighted by molar-refractivity contribution is -0.139. The van der Waals surface area contributed by atoms with Crippen LogP contribution in [-0.4, -0.2) is 80.0 Å². The topological polar surface area (TPSA) is 38.8 Å². The second-order valence-electron chi connectivity index (χ2n) is 6.73. The van der Waals surface area contributed by atoms with Crippen LogP contribution in [0.15, 0.2) is 24.3 Å². The second kappa shape index (κ2) is 7.43. The molecule has 2 heterocycles. The van der Waals surface area contributed by atoms with Gasteiger partial charge in [-0.05, 0) is 19.5 Å². The van der Waals surface area contributed by atoms with E-state index in [0.29, 0.717) is 0 Å². The van der Waals surface area contributed by atoms with Gasteiger partial charge < -0.3 is 15.1 Å². The molecule has 1 N–H and O–H groups in total. The van der Waals surface area contributed by atoms with Crippen molar-refractivity contribution < 1.29 is 4.79 Å². The maximum absolute atomic E-state index is 13.2. The fourth-order valence-electron chi connectivity index (χ4n) is 3.40. The highest BCUT2D eigenvalue weighted by atomic mass is 16.2. The molecule has 1 amide bonds. The molecule has 0 radical (unpaired) electrons. The Morgan fingerprint density at radius 1 is 1.00 bits per heavy atom. The first-order chi connectivity index (χ1) is 11.1. The van der Waals surface area contributed by atoms with Gasteiger partial charge in [0.2, 0.25) is 5.91 Å². The Morgan fingerprint density at radius 2 is 1.61 bits per heavy atom. The summed E-state index contributed by atoms with van der Waals surface area (Å²) >= 11 is 0. The number of nitrogens with zero attached hydrogens (tertiary/aromatic N) is 3. The van der Waals surface area contributed by atoms with Crippen LogP contribution >= 0.6 is 0 Å². The zero-order valence-corrected chi connectivity index (χ0v) is 14.3. The largest absolute Gasteiger partial charge is 0.338 e. The van der Waals surface area contributed by atoms with Crippen LogP contribution in [0.5, 0.6) is 0 Å². The van der Waals surface area contributed by atoms with E-state index in [2.05, 4.69) is 53.4 Å². The lowest BCUT2D eigenvalue weighted by Crippen LogP contribution is -2.53. The molecular formula is C18H28N4O. The lowest BCUT2D eigenvalue weighted by Gasteiger charge is -2.39. The number of nitrogens with one attached hydrogen (secondary N) is 1. The van der Waals surface area contributed by atoms with Gasteiger partial charge in [-0.25, -0.2) is 0 Å². The van der Waals surface area contributed by atoms with Crippen molar-refractivity contribution in [1.82, 2.24) is 20.0 Å². The molecule has 0 spiro atoms. The van der Waals surface area contributed by atoms with E-state index < -0.39 is 0 Å². The van der Waals surface area contributed by atoms with Gasteiger partial charge in [-0.1, -0.05) is 29.8 Å². The van der Waals surface area contributed by atoms with Crippen molar-refractivity contribution in [3.05, 3.63) is 35.4 Å². The standard InChI is InChI=1S/C18H28N4O/c1-15-3-5-16(6-4-15)17(21-9-7-19-8-10-21)18(23)22-13-11-20(2)12-14-22/h3-6,17,19H,7-14H2,1-2H3. The van der Waals surface area contributed by atoms with E-state index in [4.69, 9.17) is 0 Å². The Labute approximate surface area is 139 Å². The molecule has 3 rings (SSSR count). The first-order valence-electron chi connectivity index (χ1n) is 8.64. The predicted molar refractivity (Wildman–Crippen MR) is 92.4 cm³/mol. The van der Waals surface area contributed by atoms with Crippen LogP contribution in [-0.2, 0) is 4.79 Å². The number of benzene rings is 1. The maximum Gasteiger partial charge on any atom is 0.244 e. The monoisotopic (exact) mass is 316 g/mol. The minimum Gasteiger partial charge on any atom is -0.338 e. The van der Waals surface area contributed by atoms with Gasteiger partial charge in [0.15, 0.2) is 0 Å². The van der Waals surface area contributed by atoms with Crippen molar-refractivity contribution in [2.45, 2.75) is 13.0 Å². The van der Waals surface area contributed by atoms with Crippen molar-refractivity contribution in [3.8, 4) is 0 Å². The molecule has 2 fully saturated rings. The minimum atomic E-state index is -0.138. The van der Waals surface area contributed by atoms with Crippen LogP contribution in [0.2, 0.25) is 0 Å². The fourth-order valence-corrected chi connectivity index (χ4v) is 3.40. The molecule has 5 nitrogen and oxygen atoms in total. The summed E-state index contributed by atoms with van der Waals surface area (Å²) in [6.45, 7) is 9.47. The molecule has 1 atom stereocenters. The summed E-state index contributed by atoms with van der Waals surface area (Å²) in [5.41, 5.74) is 2.36. The molecule has 2 saturated heterocycles. The summed E-state index contributed by atoms with van der Waals surface area (Å²) in [6.07, 6.45) is 0. The van der Waals surface area contributed by atoms with Gasteiger partial charge in [0.05, 0.1) is 0 Å². The van der Waals surface area contributed by atoms with E-state index in [0.717, 1.165) is 57.9 Å². The highest BCUT2D eigenvalue weighted by molar-refractivity contribution is 5.83. The number of piperazine rings is 2. The molecule has 0 aliphatic carbocycles. The average Bonchev–Trinajstić information content (AvgIpc) is 2.58. The molecule has 0 bridgehead atoms. The third-order valence-corrected chi connectivity index (χ3v) is 4.96. The number of aryl methyl sites for hydroxylation is 1. The molecule has 5 heteroatoms. The number of amides is 1. The fraction of sp³-hybridized carbons (Fsp3) is 0.611. The first-order valence-corrected chi connectivity index (χ1v) is 8.64. The summed E-state index contributed by atoms with van der Waals surface area (Å²) in [5, 5.41) is 3.38. The van der Waals surface area contributed by atoms with Gasteiger partial charge in [-0.2, -0.15) is 0 Å². The molecule has 0 saturated carbocycles. The van der Waals surface area contributed by atoms with Crippen LogP contribution in [0, 0.1) is 6.92 Å². The third-order valence-electron chi connectivity index (χ3n) is 4.96. The summed E-state index contributed by atoms with van der Waals surface area (Å²) in [5.74, 6) is 0.267. The molecule has 0 aromatic heterocycles. The van der Waals surface area contributed by atoms with Crippen molar-refractivity contribution in [2.24, 2.45) is 0 Å². The Kier molecular flexibility index (Phi) is 5.30. The van der Waals surface area contributed by atoms with Crippen LogP contribution in [0.4, 0.5) is 0 Å². The molecular weight excluding hydrogens is 288 g/mol. The Balaban J connectivity index is 1.81. The Morgan fingerprint density at radius 3 is 2.22 bits per heavy atom. The van der Waals surface area contributed by atoms with E-state index in [1.807, 2.05) is 4.90 Å². The summed E-state index contributed by atoms with van der Waals surface area (Å²) < 4.78 is 0. The van der Waals surface area contributed by atoms with E-state index in [1.165, 1.54) is 5.56 Å².